The summed E-state index contributed by atoms with van der Waals surface area (Å²) in [4.78, 5) is 0. The van der Waals surface area contributed by atoms with Crippen LogP contribution in [0.15, 0.2) is 18.2 Å². The summed E-state index contributed by atoms with van der Waals surface area (Å²) < 4.78 is 18.9. The Bertz CT molecular complexity index is 403. The molecule has 0 aromatic heterocycles. The molecule has 1 aromatic rings. The van der Waals surface area contributed by atoms with Gasteiger partial charge in [0.25, 0.3) is 0 Å². The van der Waals surface area contributed by atoms with Gasteiger partial charge in [-0.15, -0.1) is 0 Å². The fraction of sp³-hybridized carbons (Fsp3) is 0.600. The van der Waals surface area contributed by atoms with Crippen LogP contribution in [0.5, 0.6) is 5.75 Å². The van der Waals surface area contributed by atoms with Crippen LogP contribution in [0.4, 0.5) is 4.39 Å². The minimum absolute atomic E-state index is 0.0390. The van der Waals surface area contributed by atoms with E-state index in [1.807, 2.05) is 6.92 Å². The smallest absolute Gasteiger partial charge is 0.131 e. The molecule has 0 saturated heterocycles. The number of hydrogen-bond acceptors (Lipinski definition) is 2. The van der Waals surface area contributed by atoms with Crippen molar-refractivity contribution in [1.29, 1.82) is 0 Å². The van der Waals surface area contributed by atoms with E-state index in [0.29, 0.717) is 17.2 Å². The molecule has 0 heterocycles. The Hall–Kier alpha value is -1.09. The van der Waals surface area contributed by atoms with Crippen LogP contribution in [0.3, 0.4) is 0 Å². The molecule has 0 bridgehead atoms. The first-order valence-corrected chi connectivity index (χ1v) is 6.68. The lowest BCUT2D eigenvalue weighted by Gasteiger charge is -2.18. The first-order chi connectivity index (χ1) is 8.61. The summed E-state index contributed by atoms with van der Waals surface area (Å²) in [6, 6.07) is 5.09. The lowest BCUT2D eigenvalue weighted by molar-refractivity contribution is 0.406. The van der Waals surface area contributed by atoms with Crippen LogP contribution in [0.25, 0.3) is 0 Å². The molecular weight excluding hydrogens is 229 g/mol. The van der Waals surface area contributed by atoms with E-state index in [9.17, 15) is 4.39 Å². The van der Waals surface area contributed by atoms with Crippen molar-refractivity contribution in [3.63, 3.8) is 0 Å². The van der Waals surface area contributed by atoms with Crippen molar-refractivity contribution >= 4 is 0 Å². The molecule has 0 radical (unpaired) electrons. The van der Waals surface area contributed by atoms with Gasteiger partial charge in [0.2, 0.25) is 0 Å². The maximum absolute atomic E-state index is 13.9. The second kappa shape index (κ2) is 5.70. The number of nitrogens with one attached hydrogen (secondary N) is 1. The quantitative estimate of drug-likeness (QED) is 0.835. The molecule has 2 atom stereocenters. The molecule has 1 aromatic carbocycles. The molecule has 100 valence electrons. The van der Waals surface area contributed by atoms with Crippen molar-refractivity contribution in [3.8, 4) is 5.75 Å². The van der Waals surface area contributed by atoms with E-state index in [4.69, 9.17) is 4.74 Å². The van der Waals surface area contributed by atoms with E-state index in [1.54, 1.807) is 19.2 Å². The minimum atomic E-state index is -0.201. The standard InChI is InChI=1S/C15H22FNO/c1-10(12-4-5-12)9-17-11(2)14-7-6-13(18-3)8-15(14)16/h6-8,10-12,17H,4-5,9H2,1-3H3. The summed E-state index contributed by atoms with van der Waals surface area (Å²) >= 11 is 0. The minimum Gasteiger partial charge on any atom is -0.497 e. The van der Waals surface area contributed by atoms with Gasteiger partial charge in [-0.3, -0.25) is 0 Å². The fourth-order valence-electron chi connectivity index (χ4n) is 2.29. The molecule has 2 rings (SSSR count). The summed E-state index contributed by atoms with van der Waals surface area (Å²) in [5.41, 5.74) is 0.707. The Morgan fingerprint density at radius 2 is 2.11 bits per heavy atom. The summed E-state index contributed by atoms with van der Waals surface area (Å²) in [6.45, 7) is 5.23. The Labute approximate surface area is 109 Å². The zero-order valence-corrected chi connectivity index (χ0v) is 11.4. The molecule has 0 aliphatic heterocycles. The molecule has 1 N–H and O–H groups in total. The van der Waals surface area contributed by atoms with Gasteiger partial charge in [0.05, 0.1) is 7.11 Å². The predicted octanol–water partition coefficient (Wildman–Crippen LogP) is 3.53. The summed E-state index contributed by atoms with van der Waals surface area (Å²) in [6.07, 6.45) is 2.71. The Kier molecular flexibility index (Phi) is 4.23. The molecule has 0 amide bonds. The lowest BCUT2D eigenvalue weighted by Crippen LogP contribution is -2.26. The van der Waals surface area contributed by atoms with Crippen LogP contribution in [0.1, 0.15) is 38.3 Å². The second-order valence-electron chi connectivity index (χ2n) is 5.33. The molecular formula is C15H22FNO. The second-order valence-corrected chi connectivity index (χ2v) is 5.33. The highest BCUT2D eigenvalue weighted by Crippen LogP contribution is 2.36. The van der Waals surface area contributed by atoms with Crippen molar-refractivity contribution in [3.05, 3.63) is 29.6 Å². The van der Waals surface area contributed by atoms with E-state index < -0.39 is 0 Å². The zero-order valence-electron chi connectivity index (χ0n) is 11.4. The van der Waals surface area contributed by atoms with Gasteiger partial charge < -0.3 is 10.1 Å². The van der Waals surface area contributed by atoms with E-state index >= 15 is 0 Å². The summed E-state index contributed by atoms with van der Waals surface area (Å²) in [5, 5.41) is 3.42. The molecule has 0 spiro atoms. The van der Waals surface area contributed by atoms with Crippen LogP contribution in [0, 0.1) is 17.7 Å². The molecule has 1 saturated carbocycles. The van der Waals surface area contributed by atoms with Crippen molar-refractivity contribution in [2.45, 2.75) is 32.7 Å². The zero-order chi connectivity index (χ0) is 13.1. The maximum atomic E-state index is 13.9. The van der Waals surface area contributed by atoms with E-state index in [2.05, 4.69) is 12.2 Å². The highest BCUT2D eigenvalue weighted by atomic mass is 19.1. The average Bonchev–Trinajstić information content (AvgIpc) is 3.19. The maximum Gasteiger partial charge on any atom is 0.131 e. The average molecular weight is 251 g/mol. The molecule has 3 heteroatoms. The lowest BCUT2D eigenvalue weighted by atomic mass is 10.0. The number of rotatable bonds is 6. The Balaban J connectivity index is 1.92. The van der Waals surface area contributed by atoms with E-state index in [-0.39, 0.29) is 11.9 Å². The Morgan fingerprint density at radius 1 is 1.39 bits per heavy atom. The van der Waals surface area contributed by atoms with Crippen molar-refractivity contribution in [2.24, 2.45) is 11.8 Å². The third-order valence-corrected chi connectivity index (χ3v) is 3.85. The van der Waals surface area contributed by atoms with Crippen molar-refractivity contribution in [1.82, 2.24) is 5.32 Å². The van der Waals surface area contributed by atoms with E-state index in [1.165, 1.54) is 18.9 Å². The van der Waals surface area contributed by atoms with Crippen LogP contribution in [-0.2, 0) is 0 Å². The third kappa shape index (κ3) is 3.22. The van der Waals surface area contributed by atoms with Gasteiger partial charge >= 0.3 is 0 Å². The monoisotopic (exact) mass is 251 g/mol. The third-order valence-electron chi connectivity index (χ3n) is 3.85. The number of methoxy groups -OCH3 is 1. The molecule has 1 fully saturated rings. The number of hydrogen-bond donors (Lipinski definition) is 1. The highest BCUT2D eigenvalue weighted by Gasteiger charge is 2.27. The van der Waals surface area contributed by atoms with Gasteiger partial charge in [-0.25, -0.2) is 4.39 Å². The van der Waals surface area contributed by atoms with Crippen LogP contribution in [-0.4, -0.2) is 13.7 Å². The van der Waals surface area contributed by atoms with Crippen LogP contribution >= 0.6 is 0 Å². The van der Waals surface area contributed by atoms with Gasteiger partial charge in [-0.05, 0) is 44.2 Å². The van der Waals surface area contributed by atoms with Crippen LogP contribution in [0.2, 0.25) is 0 Å². The van der Waals surface area contributed by atoms with Gasteiger partial charge in [-0.2, -0.15) is 0 Å². The predicted molar refractivity (Wildman–Crippen MR) is 71.3 cm³/mol. The fourth-order valence-corrected chi connectivity index (χ4v) is 2.29. The summed E-state index contributed by atoms with van der Waals surface area (Å²) in [5.74, 6) is 1.93. The molecule has 2 unspecified atom stereocenters. The Morgan fingerprint density at radius 3 is 2.67 bits per heavy atom. The number of benzene rings is 1. The first kappa shape index (κ1) is 13.3. The molecule has 2 nitrogen and oxygen atoms in total. The van der Waals surface area contributed by atoms with Gasteiger partial charge in [0, 0.05) is 17.7 Å². The van der Waals surface area contributed by atoms with Crippen molar-refractivity contribution < 1.29 is 9.13 Å². The first-order valence-electron chi connectivity index (χ1n) is 6.68. The van der Waals surface area contributed by atoms with Gasteiger partial charge in [-0.1, -0.05) is 13.0 Å². The van der Waals surface area contributed by atoms with Crippen LogP contribution < -0.4 is 10.1 Å². The van der Waals surface area contributed by atoms with Gasteiger partial charge in [0.1, 0.15) is 11.6 Å². The highest BCUT2D eigenvalue weighted by molar-refractivity contribution is 5.30. The van der Waals surface area contributed by atoms with Gasteiger partial charge in [0.15, 0.2) is 0 Å². The molecule has 1 aliphatic carbocycles. The van der Waals surface area contributed by atoms with Crippen molar-refractivity contribution in [2.75, 3.05) is 13.7 Å². The number of halogens is 1. The van der Waals surface area contributed by atoms with E-state index in [0.717, 1.165) is 12.5 Å². The number of ether oxygens (including phenoxy) is 1. The normalized spacial score (nSPS) is 18.4. The summed E-state index contributed by atoms with van der Waals surface area (Å²) in [7, 11) is 1.55. The largest absolute Gasteiger partial charge is 0.497 e. The molecule has 1 aliphatic rings. The topological polar surface area (TPSA) is 21.3 Å². The SMILES string of the molecule is COc1ccc(C(C)NCC(C)C2CC2)c(F)c1. The molecule has 18 heavy (non-hydrogen) atoms.